The Labute approximate surface area is 592 Å². The van der Waals surface area contributed by atoms with Gasteiger partial charge in [-0.3, -0.25) is 28.8 Å². The quantitative estimate of drug-likeness (QED) is 0.0613. The summed E-state index contributed by atoms with van der Waals surface area (Å²) in [6.07, 6.45) is 26.7. The fraction of sp³-hybridized carbons (Fsp3) is 0.835. The van der Waals surface area contributed by atoms with Gasteiger partial charge >= 0.3 is 53.7 Å². The van der Waals surface area contributed by atoms with E-state index in [9.17, 15) is 53.4 Å². The molecule has 8 bridgehead atoms. The molecule has 20 heteroatoms. The molecule has 2 heterocycles. The van der Waals surface area contributed by atoms with Crippen LogP contribution in [-0.4, -0.2) is 130 Å². The molecule has 2 aliphatic heterocycles. The Kier molecular flexibility index (Phi) is 28.4. The molecular formula is C79H128O20. The molecule has 7 atom stereocenters. The third kappa shape index (κ3) is 22.8. The van der Waals surface area contributed by atoms with E-state index in [0.29, 0.717) is 81.8 Å². The smallest absolute Gasteiger partial charge is 0.347 e. The fourth-order valence-electron chi connectivity index (χ4n) is 14.9. The van der Waals surface area contributed by atoms with Gasteiger partial charge in [0.15, 0.2) is 6.61 Å². The van der Waals surface area contributed by atoms with Crippen LogP contribution in [0.25, 0.3) is 0 Å². The summed E-state index contributed by atoms with van der Waals surface area (Å²) < 4.78 is 47.4. The number of ether oxygens (including phenoxy) is 9. The van der Waals surface area contributed by atoms with Crippen LogP contribution >= 0.6 is 0 Å². The topological polar surface area (TPSA) is 277 Å². The molecule has 12 rings (SSSR count). The number of allylic oxidation sites excluding steroid dienone is 1. The minimum atomic E-state index is -0.687. The van der Waals surface area contributed by atoms with Crippen LogP contribution in [0.5, 0.6) is 0 Å². The van der Waals surface area contributed by atoms with Crippen molar-refractivity contribution < 1.29 is 96.0 Å². The van der Waals surface area contributed by atoms with E-state index in [1.54, 1.807) is 47.6 Å². The van der Waals surface area contributed by atoms with Crippen LogP contribution in [0.3, 0.4) is 0 Å². The van der Waals surface area contributed by atoms with Gasteiger partial charge in [0, 0.05) is 25.7 Å². The van der Waals surface area contributed by atoms with Crippen molar-refractivity contribution in [1.29, 1.82) is 0 Å². The first-order valence-electron chi connectivity index (χ1n) is 37.3. The molecule has 0 spiro atoms. The molecular weight excluding hydrogens is 1270 g/mol. The monoisotopic (exact) mass is 1400 g/mol. The van der Waals surface area contributed by atoms with Gasteiger partial charge in [0.25, 0.3) is 0 Å². The van der Waals surface area contributed by atoms with Crippen molar-refractivity contribution in [2.75, 3.05) is 19.8 Å². The number of rotatable bonds is 21. The lowest BCUT2D eigenvalue weighted by atomic mass is 9.52. The number of esters is 9. The van der Waals surface area contributed by atoms with Gasteiger partial charge in [-0.2, -0.15) is 0 Å². The number of carbonyl (C=O) groups excluding carboxylic acids is 9. The number of carbonyl (C=O) groups is 9. The Morgan fingerprint density at radius 3 is 1.12 bits per heavy atom. The van der Waals surface area contributed by atoms with Crippen molar-refractivity contribution in [2.45, 2.75) is 344 Å². The molecule has 0 aromatic carbocycles. The zero-order chi connectivity index (χ0) is 74.7. The van der Waals surface area contributed by atoms with Crippen molar-refractivity contribution in [3.63, 3.8) is 0 Å². The zero-order valence-electron chi connectivity index (χ0n) is 64.2. The van der Waals surface area contributed by atoms with E-state index >= 15 is 0 Å². The van der Waals surface area contributed by atoms with Crippen molar-refractivity contribution >= 4 is 53.7 Å². The maximum absolute atomic E-state index is 12.4. The van der Waals surface area contributed by atoms with Gasteiger partial charge in [0.1, 0.15) is 22.4 Å². The first kappa shape index (κ1) is 84.3. The zero-order valence-corrected chi connectivity index (χ0v) is 64.2. The normalized spacial score (nSPS) is 30.4. The number of hydrogen-bond donors (Lipinski definition) is 2. The molecule has 0 amide bonds. The van der Waals surface area contributed by atoms with Crippen molar-refractivity contribution in [3.05, 3.63) is 24.8 Å². The van der Waals surface area contributed by atoms with Crippen LogP contribution < -0.4 is 0 Å². The Bertz CT molecular complexity index is 2710. The maximum Gasteiger partial charge on any atom is 0.347 e. The molecule has 11 fully saturated rings. The lowest BCUT2D eigenvalue weighted by molar-refractivity contribution is -0.226. The lowest BCUT2D eigenvalue weighted by Gasteiger charge is -2.59. The number of aliphatic hydroxyl groups is 2. The summed E-state index contributed by atoms with van der Waals surface area (Å²) in [5.74, 6) is -0.397. The molecule has 10 aliphatic carbocycles. The summed E-state index contributed by atoms with van der Waals surface area (Å²) in [5, 5.41) is 21.3. The molecule has 564 valence electrons. The summed E-state index contributed by atoms with van der Waals surface area (Å²) >= 11 is 0. The van der Waals surface area contributed by atoms with Gasteiger partial charge in [-0.25, -0.2) is 14.4 Å². The Balaban J connectivity index is 0.000000216. The summed E-state index contributed by atoms with van der Waals surface area (Å²) in [6.45, 7) is 40.3. The molecule has 2 N–H and O–H groups in total. The summed E-state index contributed by atoms with van der Waals surface area (Å²) in [5.41, 5.74) is -5.54. The Morgan fingerprint density at radius 2 is 0.828 bits per heavy atom. The van der Waals surface area contributed by atoms with E-state index in [1.165, 1.54) is 12.8 Å². The molecule has 0 radical (unpaired) electrons. The average molecular weight is 1400 g/mol. The molecule has 0 aromatic heterocycles. The van der Waals surface area contributed by atoms with E-state index < -0.39 is 74.0 Å². The molecule has 9 saturated carbocycles. The third-order valence-electron chi connectivity index (χ3n) is 23.5. The number of cyclic esters (lactones) is 2. The van der Waals surface area contributed by atoms with Crippen LogP contribution in [0.4, 0.5) is 0 Å². The predicted octanol–water partition coefficient (Wildman–Crippen LogP) is 14.7. The maximum atomic E-state index is 12.4. The molecule has 7 unspecified atom stereocenters. The van der Waals surface area contributed by atoms with E-state index in [0.717, 1.165) is 109 Å². The average Bonchev–Trinajstić information content (AvgIpc) is 1.08. The van der Waals surface area contributed by atoms with E-state index in [1.807, 2.05) is 96.1 Å². The van der Waals surface area contributed by atoms with E-state index in [-0.39, 0.29) is 64.6 Å². The van der Waals surface area contributed by atoms with E-state index in [2.05, 4.69) is 12.7 Å². The highest BCUT2D eigenvalue weighted by Crippen LogP contribution is 2.61. The van der Waals surface area contributed by atoms with Crippen LogP contribution in [0.15, 0.2) is 24.8 Å². The van der Waals surface area contributed by atoms with Crippen molar-refractivity contribution in [2.24, 2.45) is 56.2 Å². The second-order valence-corrected chi connectivity index (χ2v) is 34.8. The Morgan fingerprint density at radius 1 is 0.495 bits per heavy atom. The van der Waals surface area contributed by atoms with E-state index in [4.69, 9.17) is 42.6 Å². The van der Waals surface area contributed by atoms with Crippen LogP contribution in [-0.2, 0) is 85.8 Å². The summed E-state index contributed by atoms with van der Waals surface area (Å²) in [4.78, 5) is 105. The van der Waals surface area contributed by atoms with Crippen molar-refractivity contribution in [1.82, 2.24) is 0 Å². The second-order valence-electron chi connectivity index (χ2n) is 34.8. The standard InChI is InChI=1S/2C16H26O3.C15H24O4.C12H20O2.2C10H16O4/c2*1-4-14(2,3)13(17)19-16-8-11-5-12(9-16)7-15(18,6-11)10-16;1-5-14(3,4)13(17)18-11-12(16)19-15(6-2)9-7-8-10-15;1-5-11(2,3)10(13)14-12(4)8-6-7-9-12;2*1-4-10(2,3)9(12)14-7-5-6-13-8(7)11/h2*11-12,18H,4-10H2,1-3H3;6H,2,5,7-11H2,1,3-4H3;6,8H,5,7,9H2,1-4H3;2*7H,4-6H2,1-3H3. The molecule has 12 aliphatic rings. The molecule has 20 nitrogen and oxygen atoms in total. The first-order valence-corrected chi connectivity index (χ1v) is 37.3. The van der Waals surface area contributed by atoms with Gasteiger partial charge in [0.2, 0.25) is 12.2 Å². The lowest BCUT2D eigenvalue weighted by Crippen LogP contribution is -2.61. The van der Waals surface area contributed by atoms with Gasteiger partial charge < -0.3 is 52.8 Å². The molecule has 99 heavy (non-hydrogen) atoms. The highest BCUT2D eigenvalue weighted by molar-refractivity contribution is 5.84. The highest BCUT2D eigenvalue weighted by Gasteiger charge is 2.61. The second kappa shape index (κ2) is 33.4. The Hall–Kier alpha value is -5.37. The predicted molar refractivity (Wildman–Crippen MR) is 374 cm³/mol. The van der Waals surface area contributed by atoms with Crippen LogP contribution in [0, 0.1) is 56.2 Å². The summed E-state index contributed by atoms with van der Waals surface area (Å²) in [7, 11) is 0. The fourth-order valence-corrected chi connectivity index (χ4v) is 14.9. The minimum Gasteiger partial charge on any atom is -0.463 e. The van der Waals surface area contributed by atoms with Crippen LogP contribution in [0.1, 0.15) is 298 Å². The molecule has 2 saturated heterocycles. The van der Waals surface area contributed by atoms with Gasteiger partial charge in [0.05, 0.1) is 56.9 Å². The first-order chi connectivity index (χ1) is 45.7. The number of hydrogen-bond acceptors (Lipinski definition) is 20. The van der Waals surface area contributed by atoms with Gasteiger partial charge in [-0.15, -0.1) is 0 Å². The SMILES string of the molecule is C=CC1(OC(=O)COC(=O)C(C)(C)CC)CCCC1.CCC(C)(C)C(=O)OC1(C)C=CCC1.CCC(C)(C)C(=O)OC12CC3CC(CC(O)(C3)C1)C2.CCC(C)(C)C(=O)OC12CC3CC(CC(O)(C3)C1)C2.CCC(C)(C)C(=O)OC1CCOC1=O.CCC(C)(C)C(=O)OC1CCOC1=O. The minimum absolute atomic E-state index is 0.0828. The van der Waals surface area contributed by atoms with Crippen molar-refractivity contribution in [3.8, 4) is 0 Å². The largest absolute Gasteiger partial charge is 0.463 e. The third-order valence-corrected chi connectivity index (χ3v) is 23.5. The highest BCUT2D eigenvalue weighted by atomic mass is 16.6. The van der Waals surface area contributed by atoms with Gasteiger partial charge in [-0.1, -0.05) is 54.2 Å². The van der Waals surface area contributed by atoms with Gasteiger partial charge in [-0.05, 0) is 267 Å². The molecule has 0 aromatic rings. The van der Waals surface area contributed by atoms with Crippen LogP contribution in [0.2, 0.25) is 0 Å². The summed E-state index contributed by atoms with van der Waals surface area (Å²) in [6, 6.07) is 0.